The van der Waals surface area contributed by atoms with Crippen molar-refractivity contribution in [1.82, 2.24) is 10.1 Å². The SMILES string of the molecule is c1csc(-c2nc(CSc3ccc4ccccc4c3)no2)c1. The molecule has 0 aliphatic carbocycles. The van der Waals surface area contributed by atoms with Crippen LogP contribution in [0.2, 0.25) is 0 Å². The molecule has 2 aromatic carbocycles. The number of thiophene rings is 1. The number of aromatic nitrogens is 2. The Balaban J connectivity index is 1.49. The maximum atomic E-state index is 5.30. The van der Waals surface area contributed by atoms with Crippen LogP contribution in [0.5, 0.6) is 0 Å². The van der Waals surface area contributed by atoms with Gasteiger partial charge in [-0.25, -0.2) is 0 Å². The number of benzene rings is 2. The maximum absolute atomic E-state index is 5.30. The molecule has 2 heterocycles. The number of fused-ring (bicyclic) bond motifs is 1. The Bertz CT molecular complexity index is 900. The van der Waals surface area contributed by atoms with Gasteiger partial charge in [0.15, 0.2) is 5.82 Å². The van der Waals surface area contributed by atoms with Crippen LogP contribution >= 0.6 is 23.1 Å². The molecule has 0 bridgehead atoms. The quantitative estimate of drug-likeness (QED) is 0.481. The van der Waals surface area contributed by atoms with E-state index in [9.17, 15) is 0 Å². The molecule has 2 aromatic heterocycles. The molecule has 0 amide bonds. The summed E-state index contributed by atoms with van der Waals surface area (Å²) >= 11 is 3.32. The van der Waals surface area contributed by atoms with E-state index >= 15 is 0 Å². The van der Waals surface area contributed by atoms with Crippen LogP contribution in [0.1, 0.15) is 5.82 Å². The second-order valence-electron chi connectivity index (χ2n) is 4.79. The molecule has 0 spiro atoms. The molecule has 0 unspecified atom stereocenters. The van der Waals surface area contributed by atoms with Crippen molar-refractivity contribution >= 4 is 33.9 Å². The van der Waals surface area contributed by atoms with E-state index in [1.165, 1.54) is 15.7 Å². The lowest BCUT2D eigenvalue weighted by Crippen LogP contribution is -1.84. The van der Waals surface area contributed by atoms with Gasteiger partial charge in [0.25, 0.3) is 5.89 Å². The number of hydrogen-bond acceptors (Lipinski definition) is 5. The lowest BCUT2D eigenvalue weighted by molar-refractivity contribution is 0.426. The number of rotatable bonds is 4. The van der Waals surface area contributed by atoms with Crippen molar-refractivity contribution in [3.05, 3.63) is 65.8 Å². The van der Waals surface area contributed by atoms with Gasteiger partial charge >= 0.3 is 0 Å². The van der Waals surface area contributed by atoms with Crippen molar-refractivity contribution in [2.24, 2.45) is 0 Å². The summed E-state index contributed by atoms with van der Waals surface area (Å²) in [6.45, 7) is 0. The number of nitrogens with zero attached hydrogens (tertiary/aromatic N) is 2. The fraction of sp³-hybridized carbons (Fsp3) is 0.0588. The van der Waals surface area contributed by atoms with Crippen LogP contribution < -0.4 is 0 Å². The summed E-state index contributed by atoms with van der Waals surface area (Å²) in [4.78, 5) is 6.66. The van der Waals surface area contributed by atoms with Crippen molar-refractivity contribution in [2.75, 3.05) is 0 Å². The molecule has 4 aromatic rings. The van der Waals surface area contributed by atoms with Gasteiger partial charge in [-0.3, -0.25) is 0 Å². The zero-order chi connectivity index (χ0) is 14.8. The van der Waals surface area contributed by atoms with Crippen LogP contribution in [0.15, 0.2) is 69.4 Å². The average Bonchev–Trinajstić information content (AvgIpc) is 3.24. The first-order valence-corrected chi connectivity index (χ1v) is 8.73. The lowest BCUT2D eigenvalue weighted by atomic mass is 10.1. The summed E-state index contributed by atoms with van der Waals surface area (Å²) in [6.07, 6.45) is 0. The van der Waals surface area contributed by atoms with Gasteiger partial charge in [0.1, 0.15) is 0 Å². The zero-order valence-corrected chi connectivity index (χ0v) is 13.2. The molecule has 0 fully saturated rings. The standard InChI is InChI=1S/C17H12N2OS2/c1-2-5-13-10-14(8-7-12(13)4-1)22-11-16-18-17(20-19-16)15-6-3-9-21-15/h1-10H,11H2. The molecule has 4 rings (SSSR count). The van der Waals surface area contributed by atoms with Gasteiger partial charge in [0, 0.05) is 4.90 Å². The van der Waals surface area contributed by atoms with E-state index in [0.717, 1.165) is 10.7 Å². The molecule has 0 saturated carbocycles. The predicted molar refractivity (Wildman–Crippen MR) is 91.1 cm³/mol. The molecule has 5 heteroatoms. The first kappa shape index (κ1) is 13.5. The normalized spacial score (nSPS) is 11.1. The molecular formula is C17H12N2OS2. The summed E-state index contributed by atoms with van der Waals surface area (Å²) in [5, 5.41) is 8.56. The van der Waals surface area contributed by atoms with E-state index in [4.69, 9.17) is 4.52 Å². The third kappa shape index (κ3) is 2.77. The van der Waals surface area contributed by atoms with Crippen LogP contribution in [0.3, 0.4) is 0 Å². The van der Waals surface area contributed by atoms with Crippen molar-refractivity contribution in [3.63, 3.8) is 0 Å². The zero-order valence-electron chi connectivity index (χ0n) is 11.6. The highest BCUT2D eigenvalue weighted by atomic mass is 32.2. The smallest absolute Gasteiger partial charge is 0.268 e. The molecule has 3 nitrogen and oxygen atoms in total. The van der Waals surface area contributed by atoms with Gasteiger partial charge in [0.2, 0.25) is 0 Å². The Morgan fingerprint density at radius 2 is 1.91 bits per heavy atom. The fourth-order valence-electron chi connectivity index (χ4n) is 2.22. The highest BCUT2D eigenvalue weighted by molar-refractivity contribution is 7.98. The van der Waals surface area contributed by atoms with Crippen molar-refractivity contribution < 1.29 is 4.52 Å². The van der Waals surface area contributed by atoms with Crippen molar-refractivity contribution in [1.29, 1.82) is 0 Å². The van der Waals surface area contributed by atoms with Crippen LogP contribution in [-0.4, -0.2) is 10.1 Å². The Labute approximate surface area is 136 Å². The number of thioether (sulfide) groups is 1. The molecule has 0 atom stereocenters. The highest BCUT2D eigenvalue weighted by Crippen LogP contribution is 2.27. The Morgan fingerprint density at radius 3 is 2.77 bits per heavy atom. The molecule has 0 aliphatic rings. The molecule has 22 heavy (non-hydrogen) atoms. The summed E-state index contributed by atoms with van der Waals surface area (Å²) in [7, 11) is 0. The third-order valence-corrected chi connectivity index (χ3v) is 5.14. The van der Waals surface area contributed by atoms with Gasteiger partial charge in [-0.2, -0.15) is 4.98 Å². The predicted octanol–water partition coefficient (Wildman–Crippen LogP) is 5.24. The Hall–Kier alpha value is -2.11. The lowest BCUT2D eigenvalue weighted by Gasteiger charge is -2.01. The third-order valence-electron chi connectivity index (χ3n) is 3.29. The molecule has 0 N–H and O–H groups in total. The van der Waals surface area contributed by atoms with Crippen LogP contribution in [0.25, 0.3) is 21.5 Å². The van der Waals surface area contributed by atoms with Crippen molar-refractivity contribution in [3.8, 4) is 10.8 Å². The largest absolute Gasteiger partial charge is 0.333 e. The second kappa shape index (κ2) is 5.94. The molecule has 0 saturated heterocycles. The second-order valence-corrected chi connectivity index (χ2v) is 6.79. The van der Waals surface area contributed by atoms with Gasteiger partial charge in [-0.1, -0.05) is 41.6 Å². The van der Waals surface area contributed by atoms with E-state index in [0.29, 0.717) is 11.6 Å². The molecular weight excluding hydrogens is 312 g/mol. The highest BCUT2D eigenvalue weighted by Gasteiger charge is 2.09. The molecule has 0 aliphatic heterocycles. The van der Waals surface area contributed by atoms with E-state index in [-0.39, 0.29) is 0 Å². The average molecular weight is 324 g/mol. The maximum Gasteiger partial charge on any atom is 0.268 e. The van der Waals surface area contributed by atoms with Gasteiger partial charge < -0.3 is 4.52 Å². The molecule has 0 radical (unpaired) electrons. The van der Waals surface area contributed by atoms with E-state index in [2.05, 4.69) is 52.6 Å². The topological polar surface area (TPSA) is 38.9 Å². The summed E-state index contributed by atoms with van der Waals surface area (Å²) in [6, 6.07) is 18.8. The summed E-state index contributed by atoms with van der Waals surface area (Å²) < 4.78 is 5.30. The summed E-state index contributed by atoms with van der Waals surface area (Å²) in [5.41, 5.74) is 0. The minimum absolute atomic E-state index is 0.601. The first-order chi connectivity index (χ1) is 10.9. The van der Waals surface area contributed by atoms with E-state index < -0.39 is 0 Å². The number of hydrogen-bond donors (Lipinski definition) is 0. The van der Waals surface area contributed by atoms with Gasteiger partial charge in [-0.05, 0) is 34.4 Å². The summed E-state index contributed by atoms with van der Waals surface area (Å²) in [5.74, 6) is 2.03. The minimum atomic E-state index is 0.601. The minimum Gasteiger partial charge on any atom is -0.333 e. The van der Waals surface area contributed by atoms with Gasteiger partial charge in [0.05, 0.1) is 10.6 Å². The van der Waals surface area contributed by atoms with Crippen LogP contribution in [0, 0.1) is 0 Å². The van der Waals surface area contributed by atoms with Crippen LogP contribution in [-0.2, 0) is 5.75 Å². The van der Waals surface area contributed by atoms with Crippen LogP contribution in [0.4, 0.5) is 0 Å². The Kier molecular flexibility index (Phi) is 3.66. The monoisotopic (exact) mass is 324 g/mol. The first-order valence-electron chi connectivity index (χ1n) is 6.86. The van der Waals surface area contributed by atoms with Gasteiger partial charge in [-0.15, -0.1) is 23.1 Å². The fourth-order valence-corrected chi connectivity index (χ4v) is 3.65. The van der Waals surface area contributed by atoms with E-state index in [1.54, 1.807) is 23.1 Å². The Morgan fingerprint density at radius 1 is 1.00 bits per heavy atom. The van der Waals surface area contributed by atoms with Crippen molar-refractivity contribution in [2.45, 2.75) is 10.6 Å². The van der Waals surface area contributed by atoms with E-state index in [1.807, 2.05) is 17.5 Å². The molecule has 108 valence electrons.